The van der Waals surface area contributed by atoms with Crippen LogP contribution in [0.2, 0.25) is 0 Å². The van der Waals surface area contributed by atoms with E-state index in [2.05, 4.69) is 57.2 Å². The smallest absolute Gasteiger partial charge is 0.315 e. The normalized spacial score (nSPS) is 11.0. The average molecular weight is 469 g/mol. The highest BCUT2D eigenvalue weighted by Gasteiger charge is 2.37. The van der Waals surface area contributed by atoms with E-state index in [1.807, 2.05) is 54.6 Å². The summed E-state index contributed by atoms with van der Waals surface area (Å²) in [4.78, 5) is 24.4. The zero-order valence-corrected chi connectivity index (χ0v) is 19.7. The maximum atomic E-state index is 12.6. The highest BCUT2D eigenvalue weighted by Crippen LogP contribution is 2.41. The van der Waals surface area contributed by atoms with Crippen molar-refractivity contribution in [3.05, 3.63) is 113 Å². The zero-order valence-electron chi connectivity index (χ0n) is 19.7. The number of amides is 1. The van der Waals surface area contributed by atoms with Crippen molar-refractivity contribution in [3.8, 4) is 0 Å². The van der Waals surface area contributed by atoms with Crippen molar-refractivity contribution in [2.24, 2.45) is 0 Å². The van der Waals surface area contributed by atoms with E-state index in [1.54, 1.807) is 13.8 Å². The molecule has 1 heterocycles. The van der Waals surface area contributed by atoms with E-state index in [9.17, 15) is 9.59 Å². The van der Waals surface area contributed by atoms with Gasteiger partial charge < -0.3 is 15.4 Å². The number of H-pyrrole nitrogens is 1. The van der Waals surface area contributed by atoms with Gasteiger partial charge in [0.15, 0.2) is 0 Å². The summed E-state index contributed by atoms with van der Waals surface area (Å²) >= 11 is 0. The van der Waals surface area contributed by atoms with Crippen molar-refractivity contribution < 1.29 is 14.3 Å². The molecule has 4 aromatic rings. The van der Waals surface area contributed by atoms with Gasteiger partial charge >= 0.3 is 5.97 Å². The molecular formula is C28H28N4O3. The minimum Gasteiger partial charge on any atom is -0.466 e. The van der Waals surface area contributed by atoms with Gasteiger partial charge in [-0.05, 0) is 30.5 Å². The number of benzene rings is 3. The van der Waals surface area contributed by atoms with E-state index in [4.69, 9.17) is 4.74 Å². The highest BCUT2D eigenvalue weighted by molar-refractivity contribution is 6.03. The maximum Gasteiger partial charge on any atom is 0.315 e. The molecule has 1 aromatic heterocycles. The first-order valence-electron chi connectivity index (χ1n) is 11.5. The molecule has 3 N–H and O–H groups in total. The molecule has 35 heavy (non-hydrogen) atoms. The lowest BCUT2D eigenvalue weighted by molar-refractivity contribution is -0.145. The largest absolute Gasteiger partial charge is 0.466 e. The summed E-state index contributed by atoms with van der Waals surface area (Å²) in [5.41, 5.74) is 3.29. The Bertz CT molecular complexity index is 1170. The summed E-state index contributed by atoms with van der Waals surface area (Å²) in [6, 6.07) is 30.3. The van der Waals surface area contributed by atoms with E-state index in [0.717, 1.165) is 16.7 Å². The standard InChI is InChI=1S/C28H28N4O3/c1-3-35-25(34)19-24(33)29-26-20(2)31-32-27(26)30-28(21-13-7-4-8-14-21,22-15-9-5-10-16-22)23-17-11-6-12-18-23/h4-18H,3,19H2,1-2H3,(H,29,33)(H2,30,31,32). The van der Waals surface area contributed by atoms with Crippen molar-refractivity contribution in [2.45, 2.75) is 25.8 Å². The number of hydrogen-bond donors (Lipinski definition) is 3. The van der Waals surface area contributed by atoms with Crippen LogP contribution in [0.4, 0.5) is 11.5 Å². The SMILES string of the molecule is CCOC(=O)CC(=O)Nc1c(C)n[nH]c1NC(c1ccccc1)(c1ccccc1)c1ccccc1. The molecule has 178 valence electrons. The summed E-state index contributed by atoms with van der Waals surface area (Å²) < 4.78 is 4.91. The zero-order chi connectivity index (χ0) is 24.7. The van der Waals surface area contributed by atoms with Crippen LogP contribution >= 0.6 is 0 Å². The summed E-state index contributed by atoms with van der Waals surface area (Å²) in [7, 11) is 0. The van der Waals surface area contributed by atoms with Gasteiger partial charge in [-0.3, -0.25) is 14.7 Å². The Balaban J connectivity index is 1.82. The summed E-state index contributed by atoms with van der Waals surface area (Å²) in [6.45, 7) is 3.71. The Labute approximate surface area is 204 Å². The predicted octanol–water partition coefficient (Wildman–Crippen LogP) is 5.01. The molecule has 0 fully saturated rings. The van der Waals surface area contributed by atoms with Gasteiger partial charge in [0, 0.05) is 0 Å². The minimum absolute atomic E-state index is 0.220. The van der Waals surface area contributed by atoms with Crippen LogP contribution in [0, 0.1) is 6.92 Å². The van der Waals surface area contributed by atoms with Gasteiger partial charge in [0.25, 0.3) is 0 Å². The number of aromatic amines is 1. The molecule has 4 rings (SSSR count). The number of esters is 1. The molecule has 0 unspecified atom stereocenters. The Hall–Kier alpha value is -4.39. The maximum absolute atomic E-state index is 12.6. The lowest BCUT2D eigenvalue weighted by Gasteiger charge is -2.37. The quantitative estimate of drug-likeness (QED) is 0.182. The molecule has 0 saturated heterocycles. The van der Waals surface area contributed by atoms with E-state index < -0.39 is 17.4 Å². The third-order valence-electron chi connectivity index (χ3n) is 5.75. The molecule has 0 aliphatic carbocycles. The molecule has 0 aliphatic rings. The molecule has 0 aliphatic heterocycles. The molecule has 3 aromatic carbocycles. The van der Waals surface area contributed by atoms with E-state index in [0.29, 0.717) is 17.2 Å². The number of nitrogens with one attached hydrogen (secondary N) is 3. The third kappa shape index (κ3) is 5.09. The molecule has 0 atom stereocenters. The number of anilines is 2. The second-order valence-electron chi connectivity index (χ2n) is 8.06. The summed E-state index contributed by atoms with van der Waals surface area (Å²) in [6.07, 6.45) is -0.376. The monoisotopic (exact) mass is 468 g/mol. The molecule has 0 radical (unpaired) electrons. The first-order chi connectivity index (χ1) is 17.0. The Morgan fingerprint density at radius 1 is 0.857 bits per heavy atom. The van der Waals surface area contributed by atoms with Gasteiger partial charge in [-0.25, -0.2) is 0 Å². The van der Waals surface area contributed by atoms with Crippen LogP contribution in [0.25, 0.3) is 0 Å². The third-order valence-corrected chi connectivity index (χ3v) is 5.75. The second-order valence-corrected chi connectivity index (χ2v) is 8.06. The van der Waals surface area contributed by atoms with Crippen LogP contribution in [-0.2, 0) is 19.9 Å². The van der Waals surface area contributed by atoms with Crippen molar-refractivity contribution in [3.63, 3.8) is 0 Å². The topological polar surface area (TPSA) is 96.1 Å². The number of ether oxygens (including phenoxy) is 1. The van der Waals surface area contributed by atoms with Gasteiger partial charge in [-0.1, -0.05) is 91.0 Å². The lowest BCUT2D eigenvalue weighted by Crippen LogP contribution is -2.38. The van der Waals surface area contributed by atoms with Crippen molar-refractivity contribution >= 4 is 23.4 Å². The molecule has 0 spiro atoms. The average Bonchev–Trinajstić information content (AvgIpc) is 3.22. The molecular weight excluding hydrogens is 440 g/mol. The molecule has 7 heteroatoms. The Morgan fingerprint density at radius 2 is 1.34 bits per heavy atom. The van der Waals surface area contributed by atoms with E-state index in [-0.39, 0.29) is 13.0 Å². The fourth-order valence-electron chi connectivity index (χ4n) is 4.17. The predicted molar refractivity (Wildman–Crippen MR) is 136 cm³/mol. The second kappa shape index (κ2) is 10.7. The van der Waals surface area contributed by atoms with Crippen LogP contribution in [-0.4, -0.2) is 28.7 Å². The van der Waals surface area contributed by atoms with E-state index in [1.165, 1.54) is 0 Å². The fourth-order valence-corrected chi connectivity index (χ4v) is 4.17. The van der Waals surface area contributed by atoms with Crippen LogP contribution in [0.1, 0.15) is 35.7 Å². The first-order valence-corrected chi connectivity index (χ1v) is 11.5. The van der Waals surface area contributed by atoms with Gasteiger partial charge in [-0.15, -0.1) is 0 Å². The number of hydrogen-bond acceptors (Lipinski definition) is 5. The van der Waals surface area contributed by atoms with Crippen LogP contribution in [0.15, 0.2) is 91.0 Å². The molecule has 7 nitrogen and oxygen atoms in total. The molecule has 0 saturated carbocycles. The van der Waals surface area contributed by atoms with Crippen LogP contribution in [0.3, 0.4) is 0 Å². The first kappa shape index (κ1) is 23.8. The Morgan fingerprint density at radius 3 is 1.80 bits per heavy atom. The number of carbonyl (C=O) groups is 2. The number of nitrogens with zero attached hydrogens (tertiary/aromatic N) is 1. The van der Waals surface area contributed by atoms with E-state index >= 15 is 0 Å². The number of aromatic nitrogens is 2. The van der Waals surface area contributed by atoms with Gasteiger partial charge in [0.2, 0.25) is 5.91 Å². The Kier molecular flexibility index (Phi) is 7.26. The molecule has 0 bridgehead atoms. The van der Waals surface area contributed by atoms with Crippen molar-refractivity contribution in [1.82, 2.24) is 10.2 Å². The van der Waals surface area contributed by atoms with Crippen molar-refractivity contribution in [2.75, 3.05) is 17.2 Å². The van der Waals surface area contributed by atoms with Gasteiger partial charge in [0.1, 0.15) is 23.5 Å². The van der Waals surface area contributed by atoms with Crippen molar-refractivity contribution in [1.29, 1.82) is 0 Å². The highest BCUT2D eigenvalue weighted by atomic mass is 16.5. The number of carbonyl (C=O) groups excluding carboxylic acids is 2. The number of rotatable bonds is 9. The number of aryl methyl sites for hydroxylation is 1. The van der Waals surface area contributed by atoms with Crippen LogP contribution < -0.4 is 10.6 Å². The summed E-state index contributed by atoms with van der Waals surface area (Å²) in [5.74, 6) is -0.523. The summed E-state index contributed by atoms with van der Waals surface area (Å²) in [5, 5.41) is 13.9. The van der Waals surface area contributed by atoms with Crippen LogP contribution in [0.5, 0.6) is 0 Å². The van der Waals surface area contributed by atoms with Gasteiger partial charge in [0.05, 0.1) is 12.3 Å². The fraction of sp³-hybridized carbons (Fsp3) is 0.179. The van der Waals surface area contributed by atoms with Gasteiger partial charge in [-0.2, -0.15) is 5.10 Å². The lowest BCUT2D eigenvalue weighted by atomic mass is 9.77. The molecule has 1 amide bonds. The minimum atomic E-state index is -0.802.